The number of carbonyl (C=O) groups excluding carboxylic acids is 2. The van der Waals surface area contributed by atoms with Gasteiger partial charge in [0.05, 0.1) is 28.8 Å². The van der Waals surface area contributed by atoms with E-state index in [0.717, 1.165) is 0 Å². The van der Waals surface area contributed by atoms with Gasteiger partial charge in [-0.15, -0.1) is 0 Å². The fourth-order valence-electron chi connectivity index (χ4n) is 3.02. The van der Waals surface area contributed by atoms with Gasteiger partial charge in [-0.1, -0.05) is 12.1 Å². The molecule has 2 aromatic carbocycles. The quantitative estimate of drug-likeness (QED) is 0.615. The number of anilines is 1. The Morgan fingerprint density at radius 2 is 1.68 bits per heavy atom. The van der Waals surface area contributed by atoms with Crippen molar-refractivity contribution in [3.8, 4) is 5.75 Å². The van der Waals surface area contributed by atoms with Gasteiger partial charge in [0, 0.05) is 19.1 Å². The van der Waals surface area contributed by atoms with Gasteiger partial charge in [0.1, 0.15) is 5.75 Å². The predicted octanol–water partition coefficient (Wildman–Crippen LogP) is 3.12. The minimum absolute atomic E-state index is 0.103. The monoisotopic (exact) mass is 447 g/mol. The van der Waals surface area contributed by atoms with E-state index in [1.807, 2.05) is 13.8 Å². The Balaban J connectivity index is 2.44. The molecule has 0 atom stereocenters. The van der Waals surface area contributed by atoms with Gasteiger partial charge in [0.2, 0.25) is 0 Å². The summed E-state index contributed by atoms with van der Waals surface area (Å²) in [6, 6.07) is 10.3. The fraction of sp³-hybridized carbons (Fsp3) is 0.364. The maximum atomic E-state index is 13.1. The van der Waals surface area contributed by atoms with Crippen LogP contribution in [0.4, 0.5) is 5.69 Å². The number of carbonyl (C=O) groups is 2. The van der Waals surface area contributed by atoms with Crippen LogP contribution in [0.2, 0.25) is 0 Å². The van der Waals surface area contributed by atoms with Crippen molar-refractivity contribution in [2.75, 3.05) is 24.9 Å². The molecule has 0 aromatic heterocycles. The van der Waals surface area contributed by atoms with Crippen molar-refractivity contribution in [3.63, 3.8) is 0 Å². The molecular weight excluding hydrogens is 418 g/mol. The molecule has 2 rings (SSSR count). The molecule has 0 unspecified atom stereocenters. The van der Waals surface area contributed by atoms with E-state index < -0.39 is 15.9 Å². The van der Waals surface area contributed by atoms with Crippen molar-refractivity contribution >= 4 is 27.5 Å². The van der Waals surface area contributed by atoms with Crippen molar-refractivity contribution < 1.29 is 22.7 Å². The molecule has 0 spiro atoms. The number of nitrogens with zero attached hydrogens (tertiary/aromatic N) is 1. The summed E-state index contributed by atoms with van der Waals surface area (Å²) in [5.41, 5.74) is 0.524. The summed E-state index contributed by atoms with van der Waals surface area (Å²) >= 11 is 0. The van der Waals surface area contributed by atoms with Crippen molar-refractivity contribution in [1.29, 1.82) is 0 Å². The van der Waals surface area contributed by atoms with Gasteiger partial charge in [-0.2, -0.15) is 0 Å². The van der Waals surface area contributed by atoms with Crippen LogP contribution < -0.4 is 14.8 Å². The summed E-state index contributed by atoms with van der Waals surface area (Å²) in [5.74, 6) is -0.453. The van der Waals surface area contributed by atoms with Crippen LogP contribution in [0.5, 0.6) is 5.75 Å². The van der Waals surface area contributed by atoms with Crippen LogP contribution in [0.1, 0.15) is 48.4 Å². The molecule has 2 amide bonds. The zero-order chi connectivity index (χ0) is 23.2. The Labute approximate surface area is 183 Å². The number of hydrogen-bond acceptors (Lipinski definition) is 5. The number of nitrogens with one attached hydrogen (secondary N) is 2. The summed E-state index contributed by atoms with van der Waals surface area (Å²) in [6.45, 7) is 8.32. The fourth-order valence-corrected chi connectivity index (χ4v) is 4.12. The Kier molecular flexibility index (Phi) is 8.04. The molecular formula is C22H29N3O5S. The molecule has 0 heterocycles. The smallest absolute Gasteiger partial charge is 0.261 e. The number of rotatable bonds is 9. The largest absolute Gasteiger partial charge is 0.496 e. The first kappa shape index (κ1) is 24.2. The number of sulfonamides is 1. The van der Waals surface area contributed by atoms with Gasteiger partial charge < -0.3 is 15.0 Å². The van der Waals surface area contributed by atoms with Gasteiger partial charge in [-0.3, -0.25) is 14.3 Å². The average Bonchev–Trinajstić information content (AvgIpc) is 2.73. The van der Waals surface area contributed by atoms with E-state index in [0.29, 0.717) is 13.1 Å². The normalized spacial score (nSPS) is 11.2. The van der Waals surface area contributed by atoms with Crippen molar-refractivity contribution in [2.24, 2.45) is 0 Å². The second kappa shape index (κ2) is 10.3. The highest BCUT2D eigenvalue weighted by molar-refractivity contribution is 7.92. The lowest BCUT2D eigenvalue weighted by atomic mass is 10.1. The minimum Gasteiger partial charge on any atom is -0.496 e. The molecule has 0 saturated carbocycles. The van der Waals surface area contributed by atoms with Gasteiger partial charge in [-0.25, -0.2) is 8.42 Å². The zero-order valence-electron chi connectivity index (χ0n) is 18.4. The highest BCUT2D eigenvalue weighted by Gasteiger charge is 2.23. The lowest BCUT2D eigenvalue weighted by Gasteiger charge is -2.21. The first-order chi connectivity index (χ1) is 14.6. The topological polar surface area (TPSA) is 105 Å². The minimum atomic E-state index is -4.07. The van der Waals surface area contributed by atoms with Crippen LogP contribution in [0.25, 0.3) is 0 Å². The van der Waals surface area contributed by atoms with E-state index in [4.69, 9.17) is 4.74 Å². The second-order valence-electron chi connectivity index (χ2n) is 7.12. The number of methoxy groups -OCH3 is 1. The van der Waals surface area contributed by atoms with E-state index in [1.165, 1.54) is 31.4 Å². The number of amides is 2. The van der Waals surface area contributed by atoms with Gasteiger partial charge in [0.15, 0.2) is 0 Å². The summed E-state index contributed by atoms with van der Waals surface area (Å²) in [4.78, 5) is 26.8. The summed E-state index contributed by atoms with van der Waals surface area (Å²) in [5, 5.41) is 2.73. The summed E-state index contributed by atoms with van der Waals surface area (Å²) in [7, 11) is -2.67. The van der Waals surface area contributed by atoms with Crippen molar-refractivity contribution in [2.45, 2.75) is 38.6 Å². The summed E-state index contributed by atoms with van der Waals surface area (Å²) in [6.07, 6.45) is 0. The maximum absolute atomic E-state index is 13.1. The lowest BCUT2D eigenvalue weighted by molar-refractivity contribution is 0.0773. The summed E-state index contributed by atoms with van der Waals surface area (Å²) < 4.78 is 33.8. The Morgan fingerprint density at radius 3 is 2.26 bits per heavy atom. The third kappa shape index (κ3) is 5.75. The van der Waals surface area contributed by atoms with Crippen LogP contribution >= 0.6 is 0 Å². The predicted molar refractivity (Wildman–Crippen MR) is 120 cm³/mol. The average molecular weight is 448 g/mol. The van der Waals surface area contributed by atoms with Crippen molar-refractivity contribution in [1.82, 2.24) is 10.2 Å². The van der Waals surface area contributed by atoms with Gasteiger partial charge >= 0.3 is 0 Å². The van der Waals surface area contributed by atoms with E-state index >= 15 is 0 Å². The molecule has 0 aliphatic carbocycles. The molecule has 0 aliphatic heterocycles. The molecule has 0 radical (unpaired) electrons. The van der Waals surface area contributed by atoms with Crippen molar-refractivity contribution in [3.05, 3.63) is 53.6 Å². The number of para-hydroxylation sites is 1. The molecule has 2 N–H and O–H groups in total. The second-order valence-corrected chi connectivity index (χ2v) is 8.80. The van der Waals surface area contributed by atoms with Gasteiger partial charge in [-0.05, 0) is 58.0 Å². The van der Waals surface area contributed by atoms with Crippen LogP contribution in [-0.4, -0.2) is 51.4 Å². The van der Waals surface area contributed by atoms with E-state index in [-0.39, 0.29) is 39.4 Å². The molecule has 9 heteroatoms. The first-order valence-electron chi connectivity index (χ1n) is 10.0. The Morgan fingerprint density at radius 1 is 1.03 bits per heavy atom. The van der Waals surface area contributed by atoms with E-state index in [9.17, 15) is 18.0 Å². The third-order valence-electron chi connectivity index (χ3n) is 4.60. The molecule has 0 fully saturated rings. The Bertz CT molecular complexity index is 1050. The van der Waals surface area contributed by atoms with Gasteiger partial charge in [0.25, 0.3) is 21.8 Å². The van der Waals surface area contributed by atoms with E-state index in [1.54, 1.807) is 36.9 Å². The van der Waals surface area contributed by atoms with Crippen LogP contribution in [0.3, 0.4) is 0 Å². The number of hydrogen-bond donors (Lipinski definition) is 2. The molecule has 0 saturated heterocycles. The molecule has 8 nitrogen and oxygen atoms in total. The van der Waals surface area contributed by atoms with Crippen LogP contribution in [0, 0.1) is 0 Å². The SMILES string of the molecule is CCN(CC)C(=O)c1ccccc1NS(=O)(=O)c1ccc(OC)c(C(=O)NC(C)C)c1. The molecule has 31 heavy (non-hydrogen) atoms. The maximum Gasteiger partial charge on any atom is 0.261 e. The zero-order valence-corrected chi connectivity index (χ0v) is 19.2. The molecule has 0 aliphatic rings. The number of benzene rings is 2. The highest BCUT2D eigenvalue weighted by atomic mass is 32.2. The lowest BCUT2D eigenvalue weighted by Crippen LogP contribution is -2.31. The molecule has 2 aromatic rings. The standard InChI is InChI=1S/C22H29N3O5S/c1-6-25(7-2)22(27)17-10-8-9-11-19(17)24-31(28,29)16-12-13-20(30-5)18(14-16)21(26)23-15(3)4/h8-15,24H,6-7H2,1-5H3,(H,23,26). The number of ether oxygens (including phenoxy) is 1. The van der Waals surface area contributed by atoms with Crippen LogP contribution in [0.15, 0.2) is 47.4 Å². The third-order valence-corrected chi connectivity index (χ3v) is 5.96. The first-order valence-corrected chi connectivity index (χ1v) is 11.5. The highest BCUT2D eigenvalue weighted by Crippen LogP contribution is 2.26. The Hall–Kier alpha value is -3.07. The molecule has 0 bridgehead atoms. The van der Waals surface area contributed by atoms with E-state index in [2.05, 4.69) is 10.0 Å². The molecule has 168 valence electrons. The van der Waals surface area contributed by atoms with Crippen LogP contribution in [-0.2, 0) is 10.0 Å².